The summed E-state index contributed by atoms with van der Waals surface area (Å²) in [7, 11) is 0. The number of benzene rings is 1. The Morgan fingerprint density at radius 2 is 1.92 bits per heavy atom. The van der Waals surface area contributed by atoms with E-state index in [4.69, 9.17) is 21.1 Å². The van der Waals surface area contributed by atoms with Crippen LogP contribution in [0.3, 0.4) is 0 Å². The number of hydrogen-bond acceptors (Lipinski definition) is 3. The summed E-state index contributed by atoms with van der Waals surface area (Å²) in [4.78, 5) is 12.5. The maximum atomic E-state index is 12.5. The third-order valence-corrected chi connectivity index (χ3v) is 4.30. The molecule has 0 aromatic heterocycles. The van der Waals surface area contributed by atoms with Crippen LogP contribution >= 0.6 is 11.6 Å². The van der Waals surface area contributed by atoms with Gasteiger partial charge in [0.25, 0.3) is 0 Å². The van der Waals surface area contributed by atoms with Crippen molar-refractivity contribution in [2.24, 2.45) is 5.92 Å². The Balaban J connectivity index is 2.76. The molecule has 1 aliphatic rings. The lowest BCUT2D eigenvalue weighted by atomic mass is 9.86. The first kappa shape index (κ1) is 18.9. The molecule has 1 heterocycles. The van der Waals surface area contributed by atoms with Gasteiger partial charge in [0.1, 0.15) is 10.6 Å². The van der Waals surface area contributed by atoms with E-state index in [-0.39, 0.29) is 11.9 Å². The van der Waals surface area contributed by atoms with Crippen molar-refractivity contribution >= 4 is 23.0 Å². The lowest BCUT2D eigenvalue weighted by Crippen LogP contribution is -2.30. The average molecular weight is 351 g/mol. The van der Waals surface area contributed by atoms with Gasteiger partial charge in [-0.2, -0.15) is 0 Å². The highest BCUT2D eigenvalue weighted by Crippen LogP contribution is 2.49. The second-order valence-electron chi connectivity index (χ2n) is 7.35. The fraction of sp³-hybridized carbons (Fsp3) is 0.550. The van der Waals surface area contributed by atoms with Crippen molar-refractivity contribution in [2.75, 3.05) is 0 Å². The van der Waals surface area contributed by atoms with Gasteiger partial charge in [0.15, 0.2) is 17.3 Å². The molecule has 3 nitrogen and oxygen atoms in total. The predicted octanol–water partition coefficient (Wildman–Crippen LogP) is 5.93. The van der Waals surface area contributed by atoms with Crippen LogP contribution in [-0.4, -0.2) is 17.5 Å². The Labute approximate surface area is 150 Å². The molecule has 2 rings (SSSR count). The summed E-state index contributed by atoms with van der Waals surface area (Å²) in [5.41, 5.74) is 2.11. The molecule has 1 aliphatic heterocycles. The maximum absolute atomic E-state index is 12.5. The fourth-order valence-corrected chi connectivity index (χ4v) is 3.19. The number of carbonyl (C=O) groups excluding carboxylic acids is 1. The number of allylic oxidation sites excluding steroid dienone is 1. The molecule has 0 radical (unpaired) electrons. The summed E-state index contributed by atoms with van der Waals surface area (Å²) >= 11 is 6.64. The van der Waals surface area contributed by atoms with Crippen LogP contribution in [0.15, 0.2) is 12.1 Å². The van der Waals surface area contributed by atoms with Crippen LogP contribution in [-0.2, 0) is 0 Å². The molecule has 0 atom stereocenters. The van der Waals surface area contributed by atoms with E-state index < -0.39 is 5.60 Å². The standard InChI is InChI=1S/C20H27ClO3/c1-8-16(22)14-9-13-15(11(2)3)10-20(6,7)24-19(13)17(21)18(14)23-12(4)5/h9-12H,8H2,1-7H3. The topological polar surface area (TPSA) is 35.5 Å². The zero-order valence-corrected chi connectivity index (χ0v) is 16.4. The zero-order valence-electron chi connectivity index (χ0n) is 15.6. The fourth-order valence-electron chi connectivity index (χ4n) is 2.90. The van der Waals surface area contributed by atoms with Gasteiger partial charge < -0.3 is 9.47 Å². The first-order chi connectivity index (χ1) is 11.1. The first-order valence-corrected chi connectivity index (χ1v) is 8.93. The average Bonchev–Trinajstić information content (AvgIpc) is 2.47. The molecule has 0 amide bonds. The molecule has 4 heteroatoms. The molecule has 132 valence electrons. The van der Waals surface area contributed by atoms with Gasteiger partial charge in [-0.15, -0.1) is 0 Å². The number of fused-ring (bicyclic) bond motifs is 1. The zero-order chi connectivity index (χ0) is 18.2. The normalized spacial score (nSPS) is 15.8. The number of ketones is 1. The molecular weight excluding hydrogens is 324 g/mol. The number of hydrogen-bond donors (Lipinski definition) is 0. The van der Waals surface area contributed by atoms with Crippen LogP contribution in [0.5, 0.6) is 11.5 Å². The SMILES string of the molecule is CCC(=O)c1cc2c(c(Cl)c1OC(C)C)OC(C)(C)C=C2C(C)C. The summed E-state index contributed by atoms with van der Waals surface area (Å²) in [6.07, 6.45) is 2.43. The molecule has 0 saturated heterocycles. The van der Waals surface area contributed by atoms with Gasteiger partial charge in [0.05, 0.1) is 11.7 Å². The summed E-state index contributed by atoms with van der Waals surface area (Å²) in [6.45, 7) is 13.9. The van der Waals surface area contributed by atoms with E-state index in [0.717, 1.165) is 11.1 Å². The van der Waals surface area contributed by atoms with E-state index in [1.165, 1.54) is 0 Å². The largest absolute Gasteiger partial charge is 0.489 e. The van der Waals surface area contributed by atoms with Gasteiger partial charge in [0.2, 0.25) is 0 Å². The molecule has 0 saturated carbocycles. The van der Waals surface area contributed by atoms with Crippen molar-refractivity contribution in [3.05, 3.63) is 28.3 Å². The first-order valence-electron chi connectivity index (χ1n) is 8.55. The van der Waals surface area contributed by atoms with Crippen LogP contribution < -0.4 is 9.47 Å². The minimum Gasteiger partial charge on any atom is -0.489 e. The van der Waals surface area contributed by atoms with Gasteiger partial charge in [-0.05, 0) is 51.3 Å². The number of Topliss-reactive ketones (excluding diaryl/α,β-unsaturated/α-hetero) is 1. The van der Waals surface area contributed by atoms with E-state index in [2.05, 4.69) is 19.9 Å². The molecule has 0 spiro atoms. The predicted molar refractivity (Wildman–Crippen MR) is 99.4 cm³/mol. The lowest BCUT2D eigenvalue weighted by Gasteiger charge is -2.34. The summed E-state index contributed by atoms with van der Waals surface area (Å²) in [5.74, 6) is 1.35. The minimum atomic E-state index is -0.457. The van der Waals surface area contributed by atoms with E-state index in [1.807, 2.05) is 40.7 Å². The van der Waals surface area contributed by atoms with Crippen LogP contribution in [0.1, 0.15) is 70.8 Å². The Bertz CT molecular complexity index is 685. The molecular formula is C20H27ClO3. The highest BCUT2D eigenvalue weighted by atomic mass is 35.5. The lowest BCUT2D eigenvalue weighted by molar-refractivity contribution is 0.0982. The number of halogens is 1. The minimum absolute atomic E-state index is 0.0169. The Kier molecular flexibility index (Phi) is 5.34. The molecule has 1 aromatic rings. The Morgan fingerprint density at radius 1 is 1.29 bits per heavy atom. The van der Waals surface area contributed by atoms with Gasteiger partial charge in [-0.3, -0.25) is 4.79 Å². The van der Waals surface area contributed by atoms with Gasteiger partial charge in [0, 0.05) is 12.0 Å². The molecule has 0 aliphatic carbocycles. The molecule has 0 unspecified atom stereocenters. The van der Waals surface area contributed by atoms with Crippen molar-refractivity contribution in [3.8, 4) is 11.5 Å². The number of ether oxygens (including phenoxy) is 2. The molecule has 0 bridgehead atoms. The van der Waals surface area contributed by atoms with Gasteiger partial charge in [-0.1, -0.05) is 32.4 Å². The van der Waals surface area contributed by atoms with Crippen LogP contribution in [0.4, 0.5) is 0 Å². The maximum Gasteiger partial charge on any atom is 0.166 e. The Morgan fingerprint density at radius 3 is 2.42 bits per heavy atom. The molecule has 0 fully saturated rings. The van der Waals surface area contributed by atoms with Crippen molar-refractivity contribution in [1.82, 2.24) is 0 Å². The van der Waals surface area contributed by atoms with Crippen molar-refractivity contribution in [3.63, 3.8) is 0 Å². The second kappa shape index (κ2) is 6.79. The van der Waals surface area contributed by atoms with Crippen molar-refractivity contribution in [2.45, 2.75) is 66.6 Å². The van der Waals surface area contributed by atoms with E-state index in [0.29, 0.717) is 34.4 Å². The summed E-state index contributed by atoms with van der Waals surface area (Å²) in [5, 5.41) is 0.386. The highest BCUT2D eigenvalue weighted by Gasteiger charge is 2.33. The third kappa shape index (κ3) is 3.61. The molecule has 24 heavy (non-hydrogen) atoms. The third-order valence-electron chi connectivity index (χ3n) is 3.95. The van der Waals surface area contributed by atoms with Crippen molar-refractivity contribution < 1.29 is 14.3 Å². The van der Waals surface area contributed by atoms with E-state index in [9.17, 15) is 4.79 Å². The number of rotatable bonds is 5. The highest BCUT2D eigenvalue weighted by molar-refractivity contribution is 6.34. The second-order valence-corrected chi connectivity index (χ2v) is 7.73. The van der Waals surface area contributed by atoms with Crippen LogP contribution in [0, 0.1) is 5.92 Å². The van der Waals surface area contributed by atoms with Crippen molar-refractivity contribution in [1.29, 1.82) is 0 Å². The molecule has 0 N–H and O–H groups in total. The van der Waals surface area contributed by atoms with E-state index >= 15 is 0 Å². The quantitative estimate of drug-likeness (QED) is 0.617. The monoisotopic (exact) mass is 350 g/mol. The number of carbonyl (C=O) groups is 1. The molecule has 1 aromatic carbocycles. The van der Waals surface area contributed by atoms with E-state index in [1.54, 1.807) is 0 Å². The summed E-state index contributed by atoms with van der Waals surface area (Å²) in [6, 6.07) is 1.88. The van der Waals surface area contributed by atoms with Gasteiger partial charge >= 0.3 is 0 Å². The van der Waals surface area contributed by atoms with Crippen LogP contribution in [0.25, 0.3) is 5.57 Å². The van der Waals surface area contributed by atoms with Gasteiger partial charge in [-0.25, -0.2) is 0 Å². The van der Waals surface area contributed by atoms with Crippen LogP contribution in [0.2, 0.25) is 5.02 Å². The Hall–Kier alpha value is -1.48. The smallest absolute Gasteiger partial charge is 0.166 e. The summed E-state index contributed by atoms with van der Waals surface area (Å²) < 4.78 is 12.0.